The van der Waals surface area contributed by atoms with Crippen LogP contribution >= 0.6 is 11.6 Å². The van der Waals surface area contributed by atoms with Gasteiger partial charge in [-0.05, 0) is 61.7 Å². The summed E-state index contributed by atoms with van der Waals surface area (Å²) in [4.78, 5) is 0. The molecule has 0 aliphatic heterocycles. The van der Waals surface area contributed by atoms with Crippen molar-refractivity contribution >= 4 is 11.6 Å². The summed E-state index contributed by atoms with van der Waals surface area (Å²) in [7, 11) is 0. The van der Waals surface area contributed by atoms with Crippen LogP contribution in [0, 0.1) is 25.2 Å². The van der Waals surface area contributed by atoms with Crippen LogP contribution < -0.4 is 10.5 Å². The van der Waals surface area contributed by atoms with Gasteiger partial charge in [0.2, 0.25) is 0 Å². The highest BCUT2D eigenvalue weighted by atomic mass is 35.5. The molecule has 108 valence electrons. The highest BCUT2D eigenvalue weighted by molar-refractivity contribution is 6.32. The molecule has 3 nitrogen and oxygen atoms in total. The molecule has 0 saturated carbocycles. The Kier molecular flexibility index (Phi) is 4.52. The molecule has 1 atom stereocenters. The summed E-state index contributed by atoms with van der Waals surface area (Å²) in [6, 6.07) is 11.2. The first-order valence-corrected chi connectivity index (χ1v) is 7.04. The molecule has 2 aromatic carbocycles. The van der Waals surface area contributed by atoms with E-state index in [2.05, 4.69) is 6.07 Å². The molecule has 4 heteroatoms. The SMILES string of the molecule is Cc1cc(C#N)cc(C)c1Oc1ccc([C@H](C)N)cc1Cl. The monoisotopic (exact) mass is 300 g/mol. The van der Waals surface area contributed by atoms with Crippen molar-refractivity contribution in [3.8, 4) is 17.6 Å². The first-order valence-electron chi connectivity index (χ1n) is 6.66. The lowest BCUT2D eigenvalue weighted by atomic mass is 10.1. The molecule has 21 heavy (non-hydrogen) atoms. The average molecular weight is 301 g/mol. The standard InChI is InChI=1S/C17H17ClN2O/c1-10-6-13(9-19)7-11(2)17(10)21-16-5-4-14(12(3)20)8-15(16)18/h4-8,12H,20H2,1-3H3/t12-/m0/s1. The van der Waals surface area contributed by atoms with Gasteiger partial charge in [0, 0.05) is 6.04 Å². The van der Waals surface area contributed by atoms with Gasteiger partial charge < -0.3 is 10.5 Å². The van der Waals surface area contributed by atoms with Crippen molar-refractivity contribution in [3.05, 3.63) is 57.6 Å². The number of halogens is 1. The molecule has 0 saturated heterocycles. The van der Waals surface area contributed by atoms with E-state index in [0.717, 1.165) is 22.4 Å². The zero-order chi connectivity index (χ0) is 15.6. The zero-order valence-electron chi connectivity index (χ0n) is 12.3. The minimum Gasteiger partial charge on any atom is -0.455 e. The number of hydrogen-bond donors (Lipinski definition) is 1. The van der Waals surface area contributed by atoms with E-state index in [1.807, 2.05) is 39.0 Å². The fraction of sp³-hybridized carbons (Fsp3) is 0.235. The first-order chi connectivity index (χ1) is 9.92. The van der Waals surface area contributed by atoms with E-state index >= 15 is 0 Å². The van der Waals surface area contributed by atoms with E-state index in [1.165, 1.54) is 0 Å². The normalized spacial score (nSPS) is 11.8. The van der Waals surface area contributed by atoms with Gasteiger partial charge in [-0.2, -0.15) is 5.26 Å². The lowest BCUT2D eigenvalue weighted by molar-refractivity contribution is 0.475. The fourth-order valence-electron chi connectivity index (χ4n) is 2.17. The third-order valence-electron chi connectivity index (χ3n) is 3.28. The van der Waals surface area contributed by atoms with Crippen molar-refractivity contribution in [2.24, 2.45) is 5.73 Å². The Morgan fingerprint density at radius 2 is 1.81 bits per heavy atom. The van der Waals surface area contributed by atoms with Gasteiger partial charge in [-0.25, -0.2) is 0 Å². The Balaban J connectivity index is 2.37. The van der Waals surface area contributed by atoms with Gasteiger partial charge in [-0.15, -0.1) is 0 Å². The Morgan fingerprint density at radius 1 is 1.19 bits per heavy atom. The smallest absolute Gasteiger partial charge is 0.146 e. The number of nitriles is 1. The molecule has 0 fully saturated rings. The van der Waals surface area contributed by atoms with Gasteiger partial charge in [0.15, 0.2) is 0 Å². The maximum Gasteiger partial charge on any atom is 0.146 e. The van der Waals surface area contributed by atoms with E-state index in [0.29, 0.717) is 16.3 Å². The number of nitrogens with zero attached hydrogens (tertiary/aromatic N) is 1. The molecule has 2 N–H and O–H groups in total. The Morgan fingerprint density at radius 3 is 2.29 bits per heavy atom. The minimum atomic E-state index is -0.0741. The third kappa shape index (κ3) is 3.36. The number of ether oxygens (including phenoxy) is 1. The van der Waals surface area contributed by atoms with Crippen molar-refractivity contribution in [2.45, 2.75) is 26.8 Å². The second-order valence-corrected chi connectivity index (χ2v) is 5.54. The van der Waals surface area contributed by atoms with Crippen molar-refractivity contribution < 1.29 is 4.74 Å². The van der Waals surface area contributed by atoms with Gasteiger partial charge in [0.25, 0.3) is 0 Å². The molecule has 0 amide bonds. The van der Waals surface area contributed by atoms with Gasteiger partial charge in [-0.3, -0.25) is 0 Å². The molecule has 0 bridgehead atoms. The fourth-order valence-corrected chi connectivity index (χ4v) is 2.40. The number of rotatable bonds is 3. The Labute approximate surface area is 129 Å². The Bertz CT molecular complexity index is 694. The van der Waals surface area contributed by atoms with Crippen LogP contribution in [-0.4, -0.2) is 0 Å². The summed E-state index contributed by atoms with van der Waals surface area (Å²) in [6.45, 7) is 5.72. The van der Waals surface area contributed by atoms with E-state index in [9.17, 15) is 0 Å². The zero-order valence-corrected chi connectivity index (χ0v) is 13.0. The van der Waals surface area contributed by atoms with Gasteiger partial charge in [0.1, 0.15) is 11.5 Å². The largest absolute Gasteiger partial charge is 0.455 e. The topological polar surface area (TPSA) is 59.0 Å². The second kappa shape index (κ2) is 6.17. The quantitative estimate of drug-likeness (QED) is 0.898. The first kappa shape index (κ1) is 15.4. The summed E-state index contributed by atoms with van der Waals surface area (Å²) in [5, 5.41) is 9.49. The third-order valence-corrected chi connectivity index (χ3v) is 3.58. The van der Waals surface area contributed by atoms with E-state index in [1.54, 1.807) is 12.1 Å². The van der Waals surface area contributed by atoms with Crippen LogP contribution in [0.3, 0.4) is 0 Å². The van der Waals surface area contributed by atoms with Crippen molar-refractivity contribution in [1.29, 1.82) is 5.26 Å². The minimum absolute atomic E-state index is 0.0741. The maximum atomic E-state index is 8.97. The molecular formula is C17H17ClN2O. The summed E-state index contributed by atoms with van der Waals surface area (Å²) < 4.78 is 5.92. The summed E-state index contributed by atoms with van der Waals surface area (Å²) >= 11 is 6.25. The van der Waals surface area contributed by atoms with E-state index < -0.39 is 0 Å². The van der Waals surface area contributed by atoms with Gasteiger partial charge in [0.05, 0.1) is 16.7 Å². The molecule has 0 radical (unpaired) electrons. The van der Waals surface area contributed by atoms with Crippen LogP contribution in [0.2, 0.25) is 5.02 Å². The molecule has 0 aliphatic carbocycles. The lowest BCUT2D eigenvalue weighted by Gasteiger charge is -2.14. The van der Waals surface area contributed by atoms with E-state index in [4.69, 9.17) is 27.3 Å². The molecule has 2 rings (SSSR count). The van der Waals surface area contributed by atoms with Crippen molar-refractivity contribution in [3.63, 3.8) is 0 Å². The lowest BCUT2D eigenvalue weighted by Crippen LogP contribution is -2.04. The summed E-state index contributed by atoms with van der Waals surface area (Å²) in [6.07, 6.45) is 0. The van der Waals surface area contributed by atoms with Crippen LogP contribution in [-0.2, 0) is 0 Å². The average Bonchev–Trinajstić information content (AvgIpc) is 2.43. The van der Waals surface area contributed by atoms with Crippen molar-refractivity contribution in [1.82, 2.24) is 0 Å². The van der Waals surface area contributed by atoms with Crippen LogP contribution in [0.5, 0.6) is 11.5 Å². The predicted octanol–water partition coefficient (Wildman–Crippen LogP) is 4.64. The predicted molar refractivity (Wildman–Crippen MR) is 84.8 cm³/mol. The van der Waals surface area contributed by atoms with Gasteiger partial charge in [-0.1, -0.05) is 17.7 Å². The molecule has 0 unspecified atom stereocenters. The summed E-state index contributed by atoms with van der Waals surface area (Å²) in [5.41, 5.74) is 9.22. The number of nitrogens with two attached hydrogens (primary N) is 1. The van der Waals surface area contributed by atoms with E-state index in [-0.39, 0.29) is 6.04 Å². The second-order valence-electron chi connectivity index (χ2n) is 5.13. The van der Waals surface area contributed by atoms with Gasteiger partial charge >= 0.3 is 0 Å². The van der Waals surface area contributed by atoms with Crippen LogP contribution in [0.4, 0.5) is 0 Å². The summed E-state index contributed by atoms with van der Waals surface area (Å²) in [5.74, 6) is 1.31. The number of aryl methyl sites for hydroxylation is 2. The molecule has 0 aliphatic rings. The van der Waals surface area contributed by atoms with Crippen molar-refractivity contribution in [2.75, 3.05) is 0 Å². The van der Waals surface area contributed by atoms with Crippen LogP contribution in [0.25, 0.3) is 0 Å². The molecular weight excluding hydrogens is 284 g/mol. The highest BCUT2D eigenvalue weighted by Gasteiger charge is 2.11. The number of hydrogen-bond acceptors (Lipinski definition) is 3. The molecule has 0 heterocycles. The molecule has 2 aromatic rings. The Hall–Kier alpha value is -2.02. The molecule has 0 spiro atoms. The highest BCUT2D eigenvalue weighted by Crippen LogP contribution is 2.35. The maximum absolute atomic E-state index is 8.97. The number of benzene rings is 2. The van der Waals surface area contributed by atoms with Crippen LogP contribution in [0.15, 0.2) is 30.3 Å². The van der Waals surface area contributed by atoms with Crippen LogP contribution in [0.1, 0.15) is 35.2 Å². The molecule has 0 aromatic heterocycles.